The highest BCUT2D eigenvalue weighted by molar-refractivity contribution is 7.84. The number of hydrogen-bond acceptors (Lipinski definition) is 1. The van der Waals surface area contributed by atoms with Crippen LogP contribution in [0.15, 0.2) is 0 Å². The van der Waals surface area contributed by atoms with Crippen molar-refractivity contribution in [3.8, 4) is 0 Å². The van der Waals surface area contributed by atoms with E-state index in [0.717, 1.165) is 12.2 Å². The Labute approximate surface area is 98.5 Å². The summed E-state index contributed by atoms with van der Waals surface area (Å²) in [5.41, 5.74) is 0. The smallest absolute Gasteiger partial charge is 0.0232 e. The molecule has 0 aliphatic rings. The van der Waals surface area contributed by atoms with Gasteiger partial charge in [-0.25, -0.2) is 0 Å². The first-order valence-corrected chi connectivity index (χ1v) is 8.30. The van der Waals surface area contributed by atoms with Crippen molar-refractivity contribution < 1.29 is 4.21 Å². The minimum Gasteiger partial charge on any atom is -0.260 e. The Bertz CT molecular complexity index is 145. The molecule has 0 spiro atoms. The molecule has 0 unspecified atom stereocenters. The Kier molecular flexibility index (Phi) is 12.3. The van der Waals surface area contributed by atoms with Gasteiger partial charge in [0.25, 0.3) is 0 Å². The number of rotatable bonds is 11. The molecule has 0 amide bonds. The third kappa shape index (κ3) is 14.2. The predicted molar refractivity (Wildman–Crippen MR) is 70.8 cm³/mol. The molecule has 1 nitrogen and oxygen atoms in total. The van der Waals surface area contributed by atoms with Crippen LogP contribution in [0.4, 0.5) is 0 Å². The van der Waals surface area contributed by atoms with Gasteiger partial charge in [-0.2, -0.15) is 0 Å². The maximum Gasteiger partial charge on any atom is 0.0232 e. The van der Waals surface area contributed by atoms with Crippen LogP contribution in [0.3, 0.4) is 0 Å². The molecule has 15 heavy (non-hydrogen) atoms. The van der Waals surface area contributed by atoms with E-state index >= 15 is 0 Å². The van der Waals surface area contributed by atoms with Gasteiger partial charge in [-0.1, -0.05) is 64.7 Å². The minimum atomic E-state index is -0.578. The lowest BCUT2D eigenvalue weighted by atomic mass is 10.1. The topological polar surface area (TPSA) is 17.1 Å². The SMILES string of the molecule is CCCCCCCCCCCC[S@](C)=O. The average Bonchev–Trinajstić information content (AvgIpc) is 2.20. The second-order valence-corrected chi connectivity index (χ2v) is 6.01. The lowest BCUT2D eigenvalue weighted by Crippen LogP contribution is -1.93. The van der Waals surface area contributed by atoms with Gasteiger partial charge in [0.2, 0.25) is 0 Å². The summed E-state index contributed by atoms with van der Waals surface area (Å²) in [6, 6.07) is 0. The van der Waals surface area contributed by atoms with Crippen molar-refractivity contribution in [2.24, 2.45) is 0 Å². The molecule has 0 rings (SSSR count). The van der Waals surface area contributed by atoms with Crippen LogP contribution in [0.5, 0.6) is 0 Å². The van der Waals surface area contributed by atoms with E-state index in [1.54, 1.807) is 6.26 Å². The summed E-state index contributed by atoms with van der Waals surface area (Å²) in [6.45, 7) is 2.26. The van der Waals surface area contributed by atoms with Crippen molar-refractivity contribution >= 4 is 10.8 Å². The Morgan fingerprint density at radius 2 is 1.13 bits per heavy atom. The molecule has 92 valence electrons. The Balaban J connectivity index is 2.89. The van der Waals surface area contributed by atoms with E-state index in [9.17, 15) is 4.21 Å². The summed E-state index contributed by atoms with van der Waals surface area (Å²) in [7, 11) is -0.578. The standard InChI is InChI=1S/C13H28OS/c1-3-4-5-6-7-8-9-10-11-12-13-15(2)14/h3-13H2,1-2H3/t15-/m0/s1. The van der Waals surface area contributed by atoms with Crippen LogP contribution in [0.2, 0.25) is 0 Å². The minimum absolute atomic E-state index is 0.578. The first-order valence-electron chi connectivity index (χ1n) is 6.57. The summed E-state index contributed by atoms with van der Waals surface area (Å²) < 4.78 is 10.8. The maximum atomic E-state index is 10.8. The van der Waals surface area contributed by atoms with E-state index in [1.165, 1.54) is 57.8 Å². The fourth-order valence-corrected chi connectivity index (χ4v) is 2.40. The molecule has 0 bridgehead atoms. The van der Waals surface area contributed by atoms with Gasteiger partial charge in [-0.05, 0) is 6.42 Å². The first kappa shape index (κ1) is 15.2. The van der Waals surface area contributed by atoms with E-state index < -0.39 is 10.8 Å². The normalized spacial score (nSPS) is 12.9. The summed E-state index contributed by atoms with van der Waals surface area (Å²) in [4.78, 5) is 0. The summed E-state index contributed by atoms with van der Waals surface area (Å²) in [5, 5.41) is 0. The predicted octanol–water partition coefficient (Wildman–Crippen LogP) is 4.29. The zero-order valence-corrected chi connectivity index (χ0v) is 11.4. The highest BCUT2D eigenvalue weighted by Crippen LogP contribution is 2.10. The quantitative estimate of drug-likeness (QED) is 0.486. The van der Waals surface area contributed by atoms with Crippen molar-refractivity contribution in [2.75, 3.05) is 12.0 Å². The van der Waals surface area contributed by atoms with Crippen LogP contribution in [0.25, 0.3) is 0 Å². The van der Waals surface area contributed by atoms with Gasteiger partial charge in [-0.15, -0.1) is 0 Å². The van der Waals surface area contributed by atoms with Crippen molar-refractivity contribution in [3.05, 3.63) is 0 Å². The van der Waals surface area contributed by atoms with Gasteiger partial charge >= 0.3 is 0 Å². The van der Waals surface area contributed by atoms with Crippen LogP contribution in [0.1, 0.15) is 71.1 Å². The zero-order valence-electron chi connectivity index (χ0n) is 10.6. The molecule has 0 fully saturated rings. The Morgan fingerprint density at radius 1 is 0.733 bits per heavy atom. The monoisotopic (exact) mass is 232 g/mol. The third-order valence-corrected chi connectivity index (χ3v) is 3.65. The fourth-order valence-electron chi connectivity index (χ4n) is 1.79. The molecule has 0 saturated heterocycles. The van der Waals surface area contributed by atoms with Crippen LogP contribution >= 0.6 is 0 Å². The van der Waals surface area contributed by atoms with Crippen LogP contribution in [-0.2, 0) is 10.8 Å². The van der Waals surface area contributed by atoms with Crippen molar-refractivity contribution in [2.45, 2.75) is 71.1 Å². The van der Waals surface area contributed by atoms with Gasteiger partial charge < -0.3 is 0 Å². The highest BCUT2D eigenvalue weighted by Gasteiger charge is 1.93. The molecule has 1 atom stereocenters. The molecule has 2 heteroatoms. The van der Waals surface area contributed by atoms with Crippen molar-refractivity contribution in [3.63, 3.8) is 0 Å². The Morgan fingerprint density at radius 3 is 1.53 bits per heavy atom. The van der Waals surface area contributed by atoms with Gasteiger partial charge in [-0.3, -0.25) is 4.21 Å². The molecule has 0 aromatic heterocycles. The molecule has 0 aromatic carbocycles. The molecular weight excluding hydrogens is 204 g/mol. The van der Waals surface area contributed by atoms with Crippen LogP contribution in [-0.4, -0.2) is 16.2 Å². The molecule has 0 N–H and O–H groups in total. The molecule has 0 heterocycles. The summed E-state index contributed by atoms with van der Waals surface area (Å²) >= 11 is 0. The van der Waals surface area contributed by atoms with E-state index in [4.69, 9.17) is 0 Å². The van der Waals surface area contributed by atoms with Crippen molar-refractivity contribution in [1.82, 2.24) is 0 Å². The van der Waals surface area contributed by atoms with Gasteiger partial charge in [0, 0.05) is 22.8 Å². The van der Waals surface area contributed by atoms with Gasteiger partial charge in [0.1, 0.15) is 0 Å². The second-order valence-electron chi connectivity index (χ2n) is 4.46. The number of hydrogen-bond donors (Lipinski definition) is 0. The summed E-state index contributed by atoms with van der Waals surface area (Å²) in [6.07, 6.45) is 15.3. The molecule has 0 aliphatic carbocycles. The first-order chi connectivity index (χ1) is 7.27. The fraction of sp³-hybridized carbons (Fsp3) is 1.00. The van der Waals surface area contributed by atoms with Crippen LogP contribution in [0, 0.1) is 0 Å². The summed E-state index contributed by atoms with van der Waals surface area (Å²) in [5.74, 6) is 0.899. The molecule has 0 aliphatic heterocycles. The van der Waals surface area contributed by atoms with Gasteiger partial charge in [0.05, 0.1) is 0 Å². The maximum absolute atomic E-state index is 10.8. The Hall–Kier alpha value is 0.150. The third-order valence-electron chi connectivity index (χ3n) is 2.79. The van der Waals surface area contributed by atoms with E-state index in [1.807, 2.05) is 0 Å². The molecular formula is C13H28OS. The molecule has 0 aromatic rings. The van der Waals surface area contributed by atoms with Crippen LogP contribution < -0.4 is 0 Å². The van der Waals surface area contributed by atoms with Crippen molar-refractivity contribution in [1.29, 1.82) is 0 Å². The highest BCUT2D eigenvalue weighted by atomic mass is 32.2. The van der Waals surface area contributed by atoms with E-state index in [2.05, 4.69) is 6.92 Å². The molecule has 0 saturated carbocycles. The lowest BCUT2D eigenvalue weighted by Gasteiger charge is -2.01. The molecule has 0 radical (unpaired) electrons. The largest absolute Gasteiger partial charge is 0.260 e. The van der Waals surface area contributed by atoms with Gasteiger partial charge in [0.15, 0.2) is 0 Å². The lowest BCUT2D eigenvalue weighted by molar-refractivity contribution is 0.562. The average molecular weight is 232 g/mol. The number of unbranched alkanes of at least 4 members (excludes halogenated alkanes) is 9. The van der Waals surface area contributed by atoms with E-state index in [0.29, 0.717) is 0 Å². The van der Waals surface area contributed by atoms with E-state index in [-0.39, 0.29) is 0 Å². The second kappa shape index (κ2) is 12.2. The zero-order chi connectivity index (χ0) is 11.4.